The molecular weight excluding hydrogens is 417 g/mol. The molecule has 2 aromatic heterocycles. The Kier molecular flexibility index (Phi) is 8.86. The first-order valence-corrected chi connectivity index (χ1v) is 9.56. The van der Waals surface area contributed by atoms with E-state index in [2.05, 4.69) is 9.97 Å². The Labute approximate surface area is 181 Å². The van der Waals surface area contributed by atoms with Gasteiger partial charge in [0.25, 0.3) is 11.5 Å². The second-order valence-corrected chi connectivity index (χ2v) is 7.51. The van der Waals surface area contributed by atoms with Crippen molar-refractivity contribution in [3.05, 3.63) is 38.2 Å². The maximum absolute atomic E-state index is 13.2. The topological polar surface area (TPSA) is 114 Å². The van der Waals surface area contributed by atoms with E-state index < -0.39 is 11.2 Å². The number of rotatable bonds is 4. The molecule has 1 aliphatic rings. The molecule has 1 saturated heterocycles. The smallest absolute Gasteiger partial charge is 0.329 e. The van der Waals surface area contributed by atoms with E-state index in [0.717, 1.165) is 12.8 Å². The van der Waals surface area contributed by atoms with Gasteiger partial charge >= 0.3 is 5.69 Å². The lowest BCUT2D eigenvalue weighted by Gasteiger charge is -2.31. The molecule has 1 atom stereocenters. The van der Waals surface area contributed by atoms with Gasteiger partial charge in [0, 0.05) is 31.4 Å². The summed E-state index contributed by atoms with van der Waals surface area (Å²) in [6, 6.07) is 1.63. The van der Waals surface area contributed by atoms with E-state index in [9.17, 15) is 14.4 Å². The zero-order chi connectivity index (χ0) is 19.7. The van der Waals surface area contributed by atoms with Crippen LogP contribution < -0.4 is 17.0 Å². The van der Waals surface area contributed by atoms with Crippen LogP contribution in [0.1, 0.15) is 62.0 Å². The molecule has 3 rings (SSSR count). The number of carbonyl (C=O) groups excluding carboxylic acids is 1. The van der Waals surface area contributed by atoms with Crippen molar-refractivity contribution < 1.29 is 4.79 Å². The number of hydrogen-bond acceptors (Lipinski definition) is 5. The monoisotopic (exact) mass is 445 g/mol. The van der Waals surface area contributed by atoms with Crippen LogP contribution in [0.2, 0.25) is 0 Å². The molecule has 1 unspecified atom stereocenters. The average molecular weight is 446 g/mol. The summed E-state index contributed by atoms with van der Waals surface area (Å²) in [5, 5.41) is 0.177. The third kappa shape index (κ3) is 4.99. The van der Waals surface area contributed by atoms with Crippen LogP contribution in [-0.2, 0) is 6.54 Å². The second kappa shape index (κ2) is 10.2. The van der Waals surface area contributed by atoms with Crippen molar-refractivity contribution in [1.82, 2.24) is 19.4 Å². The lowest BCUT2D eigenvalue weighted by molar-refractivity contribution is 0.0710. The maximum atomic E-state index is 13.2. The average Bonchev–Trinajstić information content (AvgIpc) is 2.63. The van der Waals surface area contributed by atoms with Gasteiger partial charge in [-0.15, -0.1) is 24.8 Å². The summed E-state index contributed by atoms with van der Waals surface area (Å²) in [4.78, 5) is 46.8. The van der Waals surface area contributed by atoms with Gasteiger partial charge in [-0.3, -0.25) is 19.1 Å². The molecule has 0 spiro atoms. The number of piperidine rings is 1. The first-order valence-electron chi connectivity index (χ1n) is 9.56. The maximum Gasteiger partial charge on any atom is 0.329 e. The van der Waals surface area contributed by atoms with Crippen molar-refractivity contribution in [2.24, 2.45) is 5.73 Å². The van der Waals surface area contributed by atoms with Gasteiger partial charge in [0.1, 0.15) is 0 Å². The fourth-order valence-corrected chi connectivity index (χ4v) is 3.55. The summed E-state index contributed by atoms with van der Waals surface area (Å²) in [5.41, 5.74) is 6.21. The highest BCUT2D eigenvalue weighted by atomic mass is 35.5. The molecular formula is C19H29Cl2N5O3. The Hall–Kier alpha value is -1.90. The molecule has 0 radical (unpaired) electrons. The fourth-order valence-electron chi connectivity index (χ4n) is 3.55. The van der Waals surface area contributed by atoms with Gasteiger partial charge in [0.15, 0.2) is 5.65 Å². The number of nitrogens with two attached hydrogens (primary N) is 1. The number of aromatic nitrogens is 3. The summed E-state index contributed by atoms with van der Waals surface area (Å²) in [6.07, 6.45) is 2.43. The van der Waals surface area contributed by atoms with Crippen LogP contribution >= 0.6 is 24.8 Å². The molecule has 162 valence electrons. The molecule has 3 heterocycles. The predicted octanol–water partition coefficient (Wildman–Crippen LogP) is 2.03. The standard InChI is InChI=1S/C19H27N5O3.2ClH/c1-4-7-24-16-15(17(25)22-19(24)27)13(9-14(21-16)11(2)3)18(26)23-8-5-6-12(20)10-23;;/h9,11-12H,4-8,10,20H2,1-3H3,(H,22,25,27);2*1H. The summed E-state index contributed by atoms with van der Waals surface area (Å²) in [5.74, 6) is -0.180. The molecule has 3 N–H and O–H groups in total. The van der Waals surface area contributed by atoms with E-state index in [1.807, 2.05) is 20.8 Å². The van der Waals surface area contributed by atoms with Crippen molar-refractivity contribution in [3.8, 4) is 0 Å². The van der Waals surface area contributed by atoms with Crippen LogP contribution in [0.4, 0.5) is 0 Å². The number of amides is 1. The summed E-state index contributed by atoms with van der Waals surface area (Å²) >= 11 is 0. The molecule has 1 aliphatic heterocycles. The van der Waals surface area contributed by atoms with Crippen LogP contribution in [0.5, 0.6) is 0 Å². The highest BCUT2D eigenvalue weighted by Crippen LogP contribution is 2.22. The minimum atomic E-state index is -0.574. The summed E-state index contributed by atoms with van der Waals surface area (Å²) < 4.78 is 1.45. The lowest BCUT2D eigenvalue weighted by Crippen LogP contribution is -2.46. The van der Waals surface area contributed by atoms with E-state index in [4.69, 9.17) is 5.73 Å². The molecule has 0 aromatic carbocycles. The van der Waals surface area contributed by atoms with Gasteiger partial charge in [-0.1, -0.05) is 20.8 Å². The number of aromatic amines is 1. The van der Waals surface area contributed by atoms with Gasteiger partial charge in [0.2, 0.25) is 0 Å². The Balaban J connectivity index is 0.00000210. The quantitative estimate of drug-likeness (QED) is 0.746. The zero-order valence-electron chi connectivity index (χ0n) is 16.9. The lowest BCUT2D eigenvalue weighted by atomic mass is 10.0. The van der Waals surface area contributed by atoms with Crippen molar-refractivity contribution in [1.29, 1.82) is 0 Å². The van der Waals surface area contributed by atoms with Gasteiger partial charge in [-0.25, -0.2) is 9.78 Å². The molecule has 1 amide bonds. The summed E-state index contributed by atoms with van der Waals surface area (Å²) in [7, 11) is 0. The number of H-pyrrole nitrogens is 1. The molecule has 29 heavy (non-hydrogen) atoms. The number of pyridine rings is 1. The largest absolute Gasteiger partial charge is 0.337 e. The number of nitrogens with zero attached hydrogens (tertiary/aromatic N) is 3. The van der Waals surface area contributed by atoms with Crippen LogP contribution in [0.25, 0.3) is 11.0 Å². The minimum absolute atomic E-state index is 0. The first-order chi connectivity index (χ1) is 12.8. The number of halogens is 2. The van der Waals surface area contributed by atoms with Crippen LogP contribution in [0.15, 0.2) is 15.7 Å². The van der Waals surface area contributed by atoms with E-state index in [1.165, 1.54) is 4.57 Å². The van der Waals surface area contributed by atoms with Crippen molar-refractivity contribution in [3.63, 3.8) is 0 Å². The Morgan fingerprint density at radius 3 is 2.62 bits per heavy atom. The first kappa shape index (κ1) is 25.1. The zero-order valence-corrected chi connectivity index (χ0v) is 18.6. The molecule has 2 aromatic rings. The van der Waals surface area contributed by atoms with E-state index in [0.29, 0.717) is 37.3 Å². The predicted molar refractivity (Wildman–Crippen MR) is 119 cm³/mol. The van der Waals surface area contributed by atoms with Crippen LogP contribution in [-0.4, -0.2) is 44.5 Å². The molecule has 1 fully saturated rings. The highest BCUT2D eigenvalue weighted by molar-refractivity contribution is 6.05. The van der Waals surface area contributed by atoms with E-state index >= 15 is 0 Å². The van der Waals surface area contributed by atoms with E-state index in [-0.39, 0.29) is 53.7 Å². The Morgan fingerprint density at radius 1 is 1.34 bits per heavy atom. The molecule has 8 nitrogen and oxygen atoms in total. The number of nitrogens with one attached hydrogen (secondary N) is 1. The SMILES string of the molecule is CCCn1c(=O)[nH]c(=O)c2c(C(=O)N3CCCC(N)C3)cc(C(C)C)nc21.Cl.Cl. The number of fused-ring (bicyclic) bond motifs is 1. The highest BCUT2D eigenvalue weighted by Gasteiger charge is 2.26. The van der Waals surface area contributed by atoms with E-state index in [1.54, 1.807) is 11.0 Å². The fraction of sp³-hybridized carbons (Fsp3) is 0.579. The van der Waals surface area contributed by atoms with Crippen molar-refractivity contribution >= 4 is 41.8 Å². The molecule has 0 aliphatic carbocycles. The summed E-state index contributed by atoms with van der Waals surface area (Å²) in [6.45, 7) is 7.37. The number of aryl methyl sites for hydroxylation is 1. The Bertz CT molecular complexity index is 986. The van der Waals surface area contributed by atoms with Gasteiger partial charge in [-0.05, 0) is 31.2 Å². The minimum Gasteiger partial charge on any atom is -0.337 e. The third-order valence-corrected chi connectivity index (χ3v) is 4.98. The molecule has 10 heteroatoms. The normalized spacial score (nSPS) is 16.4. The number of likely N-dealkylation sites (tertiary alicyclic amines) is 1. The Morgan fingerprint density at radius 2 is 2.03 bits per heavy atom. The van der Waals surface area contributed by atoms with Gasteiger partial charge in [0.05, 0.1) is 10.9 Å². The third-order valence-electron chi connectivity index (χ3n) is 4.98. The second-order valence-electron chi connectivity index (χ2n) is 7.51. The van der Waals surface area contributed by atoms with Crippen LogP contribution in [0.3, 0.4) is 0 Å². The van der Waals surface area contributed by atoms with Crippen molar-refractivity contribution in [2.45, 2.75) is 58.5 Å². The molecule has 0 saturated carbocycles. The molecule has 0 bridgehead atoms. The van der Waals surface area contributed by atoms with Gasteiger partial charge < -0.3 is 10.6 Å². The van der Waals surface area contributed by atoms with Gasteiger partial charge in [-0.2, -0.15) is 0 Å². The number of hydrogen-bond donors (Lipinski definition) is 2. The van der Waals surface area contributed by atoms with Crippen molar-refractivity contribution in [2.75, 3.05) is 13.1 Å². The number of carbonyl (C=O) groups is 1. The van der Waals surface area contributed by atoms with Crippen LogP contribution in [0, 0.1) is 0 Å².